The second kappa shape index (κ2) is 8.36. The van der Waals surface area contributed by atoms with Crippen LogP contribution in [0.3, 0.4) is 0 Å². The van der Waals surface area contributed by atoms with E-state index in [0.29, 0.717) is 33.9 Å². The van der Waals surface area contributed by atoms with Crippen LogP contribution >= 0.6 is 0 Å². The monoisotopic (exact) mass is 467 g/mol. The van der Waals surface area contributed by atoms with Gasteiger partial charge in [0.1, 0.15) is 5.75 Å². The van der Waals surface area contributed by atoms with Gasteiger partial charge >= 0.3 is 0 Å². The van der Waals surface area contributed by atoms with Crippen molar-refractivity contribution in [2.45, 2.75) is 11.8 Å². The third-order valence-electron chi connectivity index (χ3n) is 4.97. The molecule has 0 spiro atoms. The summed E-state index contributed by atoms with van der Waals surface area (Å²) in [5.41, 5.74) is 3.09. The lowest BCUT2D eigenvalue weighted by atomic mass is 10.0. The summed E-state index contributed by atoms with van der Waals surface area (Å²) in [6.07, 6.45) is 0. The molecular weight excluding hydrogens is 448 g/mol. The predicted molar refractivity (Wildman–Crippen MR) is 124 cm³/mol. The number of fused-ring (bicyclic) bond motifs is 2. The molecule has 0 radical (unpaired) electrons. The smallest absolute Gasteiger partial charge is 0.264 e. The van der Waals surface area contributed by atoms with Crippen LogP contribution in [0.15, 0.2) is 65.6 Å². The van der Waals surface area contributed by atoms with Crippen molar-refractivity contribution < 1.29 is 17.9 Å². The Labute approximate surface area is 188 Å². The molecule has 0 bridgehead atoms. The number of sulfonamides is 1. The van der Waals surface area contributed by atoms with Crippen LogP contribution in [0.4, 0.5) is 11.4 Å². The van der Waals surface area contributed by atoms with Crippen LogP contribution in [-0.2, 0) is 14.8 Å². The van der Waals surface area contributed by atoms with Crippen LogP contribution in [0.25, 0.3) is 22.2 Å². The molecule has 10 nitrogen and oxygen atoms in total. The maximum Gasteiger partial charge on any atom is 0.264 e. The molecule has 0 unspecified atom stereocenters. The van der Waals surface area contributed by atoms with Gasteiger partial charge in [-0.1, -0.05) is 12.1 Å². The first-order valence-electron chi connectivity index (χ1n) is 9.70. The van der Waals surface area contributed by atoms with Crippen molar-refractivity contribution in [2.75, 3.05) is 12.4 Å². The summed E-state index contributed by atoms with van der Waals surface area (Å²) in [6.45, 7) is 1.12. The molecule has 1 heterocycles. The van der Waals surface area contributed by atoms with E-state index in [1.54, 1.807) is 24.3 Å². The van der Waals surface area contributed by atoms with Gasteiger partial charge in [-0.05, 0) is 36.4 Å². The molecule has 0 atom stereocenters. The number of hydrogen-bond donors (Lipinski definition) is 3. The average molecular weight is 467 g/mol. The highest BCUT2D eigenvalue weighted by Crippen LogP contribution is 2.39. The van der Waals surface area contributed by atoms with Crippen molar-refractivity contribution in [2.24, 2.45) is 0 Å². The van der Waals surface area contributed by atoms with Gasteiger partial charge in [-0.3, -0.25) is 4.79 Å². The van der Waals surface area contributed by atoms with E-state index in [0.717, 1.165) is 12.3 Å². The lowest BCUT2D eigenvalue weighted by Gasteiger charge is -2.19. The summed E-state index contributed by atoms with van der Waals surface area (Å²) in [7, 11) is -2.42. The van der Waals surface area contributed by atoms with Crippen LogP contribution in [0.2, 0.25) is 0 Å². The number of anilines is 2. The van der Waals surface area contributed by atoms with Crippen LogP contribution in [0, 0.1) is 10.4 Å². The highest BCUT2D eigenvalue weighted by molar-refractivity contribution is 7.90. The minimum absolute atomic E-state index is 0.0587. The molecule has 2 aromatic carbocycles. The number of rotatable bonds is 5. The molecule has 2 aliphatic rings. The lowest BCUT2D eigenvalue weighted by Crippen LogP contribution is -2.28. The fraction of sp³-hybridized carbons (Fsp3) is 0.0909. The second-order valence-corrected chi connectivity index (χ2v) is 8.86. The summed E-state index contributed by atoms with van der Waals surface area (Å²) in [4.78, 5) is 13.8. The van der Waals surface area contributed by atoms with E-state index in [2.05, 4.69) is 10.3 Å². The number of pyridine rings is 1. The van der Waals surface area contributed by atoms with E-state index < -0.39 is 20.8 Å². The minimum atomic E-state index is -3.95. The molecule has 1 aliphatic heterocycles. The molecule has 0 saturated carbocycles. The zero-order valence-electron chi connectivity index (χ0n) is 17.6. The summed E-state index contributed by atoms with van der Waals surface area (Å²) in [6, 6.07) is 15.8. The van der Waals surface area contributed by atoms with Crippen LogP contribution < -0.4 is 25.0 Å². The van der Waals surface area contributed by atoms with E-state index in [-0.39, 0.29) is 10.3 Å². The van der Waals surface area contributed by atoms with E-state index in [1.807, 2.05) is 16.9 Å². The number of hydrogen-bond acceptors (Lipinski definition) is 7. The van der Waals surface area contributed by atoms with Gasteiger partial charge in [0, 0.05) is 35.7 Å². The number of aromatic amines is 1. The third kappa shape index (κ3) is 4.26. The van der Waals surface area contributed by atoms with E-state index in [4.69, 9.17) is 4.74 Å². The maximum absolute atomic E-state index is 12.2. The predicted octanol–water partition coefficient (Wildman–Crippen LogP) is 2.62. The second-order valence-electron chi connectivity index (χ2n) is 7.18. The molecule has 33 heavy (non-hydrogen) atoms. The SMILES string of the molecule is COc1cccc2c(Nc3ccc(S(=O)(=O)NC(C)=O)cc3)c3ccc(=[N+]([O-])[O-])cc-3[nH]c12. The van der Waals surface area contributed by atoms with Gasteiger partial charge in [0.05, 0.1) is 28.9 Å². The lowest BCUT2D eigenvalue weighted by molar-refractivity contribution is -0.117. The molecule has 170 valence electrons. The molecule has 2 aromatic rings. The van der Waals surface area contributed by atoms with Crippen LogP contribution in [-0.4, -0.2) is 26.4 Å². The van der Waals surface area contributed by atoms with Crippen molar-refractivity contribution in [3.8, 4) is 17.0 Å². The number of H-pyrrole nitrogens is 1. The van der Waals surface area contributed by atoms with Gasteiger partial charge in [-0.15, -0.1) is 0 Å². The normalized spacial score (nSPS) is 11.3. The third-order valence-corrected chi connectivity index (χ3v) is 6.42. The number of carbonyl (C=O) groups excluding carboxylic acids is 1. The first kappa shape index (κ1) is 22.0. The summed E-state index contributed by atoms with van der Waals surface area (Å²) in [5, 5.41) is 26.5. The van der Waals surface area contributed by atoms with Crippen molar-refractivity contribution in [3.05, 3.63) is 76.4 Å². The zero-order valence-corrected chi connectivity index (χ0v) is 18.4. The fourth-order valence-electron chi connectivity index (χ4n) is 3.53. The Bertz CT molecular complexity index is 1510. The van der Waals surface area contributed by atoms with E-state index in [1.165, 1.54) is 31.4 Å². The van der Waals surface area contributed by atoms with Gasteiger partial charge < -0.3 is 25.5 Å². The number of ether oxygens (including phenoxy) is 1. The van der Waals surface area contributed by atoms with Crippen molar-refractivity contribution in [3.63, 3.8) is 0 Å². The number of nitrogens with zero attached hydrogens (tertiary/aromatic N) is 1. The fourth-order valence-corrected chi connectivity index (χ4v) is 4.52. The Kier molecular flexibility index (Phi) is 5.56. The molecule has 4 rings (SSSR count). The molecule has 11 heteroatoms. The molecular formula is C22H19N4O6S-. The van der Waals surface area contributed by atoms with Gasteiger partial charge in [0.15, 0.2) is 0 Å². The van der Waals surface area contributed by atoms with Gasteiger partial charge in [0.2, 0.25) is 11.3 Å². The van der Waals surface area contributed by atoms with Gasteiger partial charge in [-0.2, -0.15) is 4.90 Å². The van der Waals surface area contributed by atoms with Gasteiger partial charge in [-0.25, -0.2) is 13.1 Å². The molecule has 0 fully saturated rings. The first-order valence-corrected chi connectivity index (χ1v) is 11.2. The largest absolute Gasteiger partial charge is 0.612 e. The number of aromatic nitrogens is 1. The number of benzene rings is 3. The standard InChI is InChI=1S/C22H19N4O6S/c1-13(27)25-33(30,31)16-9-6-14(7-10-16)23-21-17-11-8-15(26(28)29)12-19(17)24-22-18(21)4-3-5-20(22)32-2/h3-12,23-24H,1-2H3,(H-,25,27,28,29)/q-1. The van der Waals surface area contributed by atoms with E-state index >= 15 is 0 Å². The van der Waals surface area contributed by atoms with Gasteiger partial charge in [0.25, 0.3) is 10.0 Å². The Morgan fingerprint density at radius 2 is 1.79 bits per heavy atom. The van der Waals surface area contributed by atoms with Crippen molar-refractivity contribution >= 4 is 38.2 Å². The number of para-hydroxylation sites is 1. The Hall–Kier alpha value is -4.25. The number of nitrogens with one attached hydrogen (secondary N) is 3. The summed E-state index contributed by atoms with van der Waals surface area (Å²) >= 11 is 0. The first-order chi connectivity index (χ1) is 15.7. The molecule has 1 aliphatic carbocycles. The van der Waals surface area contributed by atoms with Crippen molar-refractivity contribution in [1.82, 2.24) is 14.6 Å². The Balaban J connectivity index is 1.86. The van der Waals surface area contributed by atoms with Crippen LogP contribution in [0.5, 0.6) is 5.75 Å². The topological polar surface area (TPSA) is 149 Å². The number of carbonyl (C=O) groups is 1. The molecule has 3 N–H and O–H groups in total. The van der Waals surface area contributed by atoms with E-state index in [9.17, 15) is 23.6 Å². The number of amides is 1. The summed E-state index contributed by atoms with van der Waals surface area (Å²) < 4.78 is 31.8. The van der Waals surface area contributed by atoms with Crippen LogP contribution in [0.1, 0.15) is 6.92 Å². The quantitative estimate of drug-likeness (QED) is 0.302. The molecule has 0 aromatic heterocycles. The zero-order chi connectivity index (χ0) is 23.8. The van der Waals surface area contributed by atoms with Crippen molar-refractivity contribution in [1.29, 1.82) is 0 Å². The molecule has 0 saturated heterocycles. The minimum Gasteiger partial charge on any atom is -0.612 e. The molecule has 1 amide bonds. The Morgan fingerprint density at radius 3 is 2.42 bits per heavy atom. The Morgan fingerprint density at radius 1 is 1.06 bits per heavy atom. The number of methoxy groups -OCH3 is 1. The average Bonchev–Trinajstić information content (AvgIpc) is 2.77. The highest BCUT2D eigenvalue weighted by atomic mass is 32.2. The highest BCUT2D eigenvalue weighted by Gasteiger charge is 2.18. The maximum atomic E-state index is 12.2. The summed E-state index contributed by atoms with van der Waals surface area (Å²) in [5.74, 6) is -0.126.